The number of aliphatic hydroxyl groups is 1. The molecule has 0 spiro atoms. The predicted molar refractivity (Wildman–Crippen MR) is 50.8 cm³/mol. The lowest BCUT2D eigenvalue weighted by Crippen LogP contribution is -2.38. The zero-order valence-corrected chi connectivity index (χ0v) is 8.21. The van der Waals surface area contributed by atoms with Crippen LogP contribution in [-0.2, 0) is 0 Å². The quantitative estimate of drug-likeness (QED) is 0.676. The maximum atomic E-state index is 10.00. The molecule has 12 heavy (non-hydrogen) atoms. The maximum absolute atomic E-state index is 10.00. The highest BCUT2D eigenvalue weighted by Crippen LogP contribution is 2.42. The molecule has 0 bridgehead atoms. The monoisotopic (exact) mass is 171 g/mol. The fourth-order valence-electron chi connectivity index (χ4n) is 2.29. The van der Waals surface area contributed by atoms with Crippen molar-refractivity contribution in [3.63, 3.8) is 0 Å². The van der Waals surface area contributed by atoms with Crippen LogP contribution < -0.4 is 5.73 Å². The molecule has 0 heterocycles. The molecular formula is C10H21NO. The Morgan fingerprint density at radius 3 is 2.33 bits per heavy atom. The van der Waals surface area contributed by atoms with Gasteiger partial charge in [0.1, 0.15) is 0 Å². The second kappa shape index (κ2) is 3.75. The number of hydrogen-bond donors (Lipinski definition) is 2. The van der Waals surface area contributed by atoms with Crippen molar-refractivity contribution in [2.24, 2.45) is 17.1 Å². The minimum atomic E-state index is -0.204. The number of nitrogens with two attached hydrogens (primary N) is 1. The Kier molecular flexibility index (Phi) is 3.13. The zero-order chi connectivity index (χ0) is 9.19. The molecule has 0 amide bonds. The normalized spacial score (nSPS) is 27.0. The van der Waals surface area contributed by atoms with E-state index in [1.54, 1.807) is 0 Å². The molecule has 72 valence electrons. The van der Waals surface area contributed by atoms with E-state index in [4.69, 9.17) is 5.73 Å². The highest BCUT2D eigenvalue weighted by Gasteiger charge is 2.37. The summed E-state index contributed by atoms with van der Waals surface area (Å²) in [5.41, 5.74) is 5.69. The molecule has 0 aromatic heterocycles. The molecule has 2 unspecified atom stereocenters. The lowest BCUT2D eigenvalue weighted by molar-refractivity contribution is 0.00303. The van der Waals surface area contributed by atoms with E-state index in [2.05, 4.69) is 6.92 Å². The predicted octanol–water partition coefficient (Wildman–Crippen LogP) is 1.52. The Labute approximate surface area is 75.2 Å². The van der Waals surface area contributed by atoms with E-state index >= 15 is 0 Å². The fourth-order valence-corrected chi connectivity index (χ4v) is 2.29. The van der Waals surface area contributed by atoms with Gasteiger partial charge in [0.15, 0.2) is 0 Å². The first-order valence-electron chi connectivity index (χ1n) is 4.98. The van der Waals surface area contributed by atoms with E-state index < -0.39 is 0 Å². The molecule has 2 nitrogen and oxygen atoms in total. The van der Waals surface area contributed by atoms with E-state index in [0.29, 0.717) is 6.54 Å². The highest BCUT2D eigenvalue weighted by molar-refractivity contribution is 4.89. The standard InChI is InChI=1S/C10H21NO/c1-8(7-11)9(12)10(2)5-3-4-6-10/h8-9,12H,3-7,11H2,1-2H3. The third-order valence-electron chi connectivity index (χ3n) is 3.37. The topological polar surface area (TPSA) is 46.2 Å². The Balaban J connectivity index is 2.54. The summed E-state index contributed by atoms with van der Waals surface area (Å²) in [7, 11) is 0. The third-order valence-corrected chi connectivity index (χ3v) is 3.37. The Morgan fingerprint density at radius 2 is 1.92 bits per heavy atom. The van der Waals surface area contributed by atoms with Crippen LogP contribution in [-0.4, -0.2) is 17.8 Å². The van der Waals surface area contributed by atoms with Crippen LogP contribution in [0.15, 0.2) is 0 Å². The van der Waals surface area contributed by atoms with Crippen LogP contribution in [0.5, 0.6) is 0 Å². The summed E-state index contributed by atoms with van der Waals surface area (Å²) in [6.45, 7) is 4.82. The summed E-state index contributed by atoms with van der Waals surface area (Å²) < 4.78 is 0. The average molecular weight is 171 g/mol. The van der Waals surface area contributed by atoms with Gasteiger partial charge < -0.3 is 10.8 Å². The molecule has 1 aliphatic carbocycles. The highest BCUT2D eigenvalue weighted by atomic mass is 16.3. The molecule has 1 fully saturated rings. The van der Waals surface area contributed by atoms with Crippen LogP contribution in [0.25, 0.3) is 0 Å². The zero-order valence-electron chi connectivity index (χ0n) is 8.21. The van der Waals surface area contributed by atoms with E-state index in [-0.39, 0.29) is 17.4 Å². The van der Waals surface area contributed by atoms with Crippen LogP contribution in [0, 0.1) is 11.3 Å². The van der Waals surface area contributed by atoms with Crippen molar-refractivity contribution in [1.82, 2.24) is 0 Å². The molecule has 2 atom stereocenters. The maximum Gasteiger partial charge on any atom is 0.0631 e. The van der Waals surface area contributed by atoms with Crippen molar-refractivity contribution >= 4 is 0 Å². The third kappa shape index (κ3) is 1.80. The van der Waals surface area contributed by atoms with Gasteiger partial charge in [-0.15, -0.1) is 0 Å². The van der Waals surface area contributed by atoms with E-state index in [1.165, 1.54) is 25.7 Å². The summed E-state index contributed by atoms with van der Waals surface area (Å²) in [6.07, 6.45) is 4.66. The van der Waals surface area contributed by atoms with Crippen LogP contribution >= 0.6 is 0 Å². The van der Waals surface area contributed by atoms with Crippen LogP contribution in [0.2, 0.25) is 0 Å². The molecular weight excluding hydrogens is 150 g/mol. The Hall–Kier alpha value is -0.0800. The van der Waals surface area contributed by atoms with Gasteiger partial charge in [0.05, 0.1) is 6.10 Å². The lowest BCUT2D eigenvalue weighted by Gasteiger charge is -2.33. The fraction of sp³-hybridized carbons (Fsp3) is 1.00. The first-order valence-corrected chi connectivity index (χ1v) is 4.98. The van der Waals surface area contributed by atoms with Gasteiger partial charge in [-0.3, -0.25) is 0 Å². The molecule has 0 aliphatic heterocycles. The van der Waals surface area contributed by atoms with E-state index in [9.17, 15) is 5.11 Å². The van der Waals surface area contributed by atoms with Gasteiger partial charge in [0.2, 0.25) is 0 Å². The number of rotatable bonds is 3. The van der Waals surface area contributed by atoms with E-state index in [1.807, 2.05) is 6.92 Å². The summed E-state index contributed by atoms with van der Waals surface area (Å²) in [5, 5.41) is 10.00. The Morgan fingerprint density at radius 1 is 1.42 bits per heavy atom. The largest absolute Gasteiger partial charge is 0.392 e. The Bertz CT molecular complexity index is 141. The molecule has 0 aromatic rings. The smallest absolute Gasteiger partial charge is 0.0631 e. The summed E-state index contributed by atoms with van der Waals surface area (Å²) >= 11 is 0. The van der Waals surface area contributed by atoms with Gasteiger partial charge in [0.25, 0.3) is 0 Å². The number of hydrogen-bond acceptors (Lipinski definition) is 2. The van der Waals surface area contributed by atoms with Crippen molar-refractivity contribution in [3.8, 4) is 0 Å². The van der Waals surface area contributed by atoms with Crippen molar-refractivity contribution in [1.29, 1.82) is 0 Å². The summed E-state index contributed by atoms with van der Waals surface area (Å²) in [4.78, 5) is 0. The second-order valence-corrected chi connectivity index (χ2v) is 4.52. The first-order chi connectivity index (χ1) is 5.60. The van der Waals surface area contributed by atoms with Crippen LogP contribution in [0.4, 0.5) is 0 Å². The average Bonchev–Trinajstić information content (AvgIpc) is 2.50. The van der Waals surface area contributed by atoms with Gasteiger partial charge in [-0.2, -0.15) is 0 Å². The molecule has 0 radical (unpaired) electrons. The van der Waals surface area contributed by atoms with Gasteiger partial charge in [0, 0.05) is 0 Å². The molecule has 3 N–H and O–H groups in total. The van der Waals surface area contributed by atoms with Crippen LogP contribution in [0.1, 0.15) is 39.5 Å². The van der Waals surface area contributed by atoms with Gasteiger partial charge in [-0.1, -0.05) is 26.7 Å². The van der Waals surface area contributed by atoms with Crippen LogP contribution in [0.3, 0.4) is 0 Å². The van der Waals surface area contributed by atoms with Crippen molar-refractivity contribution in [2.45, 2.75) is 45.6 Å². The van der Waals surface area contributed by atoms with Crippen molar-refractivity contribution < 1.29 is 5.11 Å². The van der Waals surface area contributed by atoms with Gasteiger partial charge in [-0.25, -0.2) is 0 Å². The second-order valence-electron chi connectivity index (χ2n) is 4.52. The molecule has 0 aromatic carbocycles. The van der Waals surface area contributed by atoms with Gasteiger partial charge in [-0.05, 0) is 30.7 Å². The molecule has 0 saturated heterocycles. The summed E-state index contributed by atoms with van der Waals surface area (Å²) in [5.74, 6) is 0.244. The van der Waals surface area contributed by atoms with E-state index in [0.717, 1.165) is 0 Å². The minimum Gasteiger partial charge on any atom is -0.392 e. The molecule has 1 aliphatic rings. The lowest BCUT2D eigenvalue weighted by atomic mass is 9.77. The SMILES string of the molecule is CC(CN)C(O)C1(C)CCCC1. The van der Waals surface area contributed by atoms with Gasteiger partial charge >= 0.3 is 0 Å². The first kappa shape index (κ1) is 10.0. The molecule has 2 heteroatoms. The van der Waals surface area contributed by atoms with Crippen molar-refractivity contribution in [2.75, 3.05) is 6.54 Å². The summed E-state index contributed by atoms with van der Waals surface area (Å²) in [6, 6.07) is 0. The number of aliphatic hydroxyl groups excluding tert-OH is 1. The molecule has 1 saturated carbocycles. The van der Waals surface area contributed by atoms with Crippen molar-refractivity contribution in [3.05, 3.63) is 0 Å². The minimum absolute atomic E-state index is 0.152. The molecule has 1 rings (SSSR count).